The number of fused-ring (bicyclic) bond motifs is 4. The fourth-order valence-corrected chi connectivity index (χ4v) is 3.98. The number of hydrogen-bond donors (Lipinski definition) is 0. The van der Waals surface area contributed by atoms with Crippen LogP contribution in [0.5, 0.6) is 0 Å². The molecule has 0 fully saturated rings. The van der Waals surface area contributed by atoms with Gasteiger partial charge in [-0.05, 0) is 43.3 Å². The first-order valence-electron chi connectivity index (χ1n) is 9.17. The summed E-state index contributed by atoms with van der Waals surface area (Å²) < 4.78 is 2.29. The van der Waals surface area contributed by atoms with Crippen LogP contribution in [-0.4, -0.2) is 15.3 Å². The lowest BCUT2D eigenvalue weighted by Crippen LogP contribution is -2.03. The third kappa shape index (κ3) is 2.36. The Bertz CT molecular complexity index is 1330. The predicted octanol–water partition coefficient (Wildman–Crippen LogP) is 5.59. The molecule has 5 rings (SSSR count). The molecule has 0 bridgehead atoms. The average Bonchev–Trinajstić information content (AvgIpc) is 3.05. The highest BCUT2D eigenvalue weighted by atomic mass is 16.1. The Morgan fingerprint density at radius 2 is 1.70 bits per heavy atom. The van der Waals surface area contributed by atoms with E-state index in [1.54, 1.807) is 6.20 Å². The van der Waals surface area contributed by atoms with Gasteiger partial charge in [0.2, 0.25) is 0 Å². The van der Waals surface area contributed by atoms with Gasteiger partial charge in [0, 0.05) is 51.1 Å². The Morgan fingerprint density at radius 3 is 2.59 bits per heavy atom. The molecule has 0 aliphatic heterocycles. The van der Waals surface area contributed by atoms with Crippen molar-refractivity contribution in [3.63, 3.8) is 0 Å². The molecule has 2 aromatic heterocycles. The zero-order valence-corrected chi connectivity index (χ0v) is 15.0. The number of hydrogen-bond acceptors (Lipinski definition) is 2. The molecule has 3 nitrogen and oxygen atoms in total. The normalized spacial score (nSPS) is 11.4. The van der Waals surface area contributed by atoms with Gasteiger partial charge in [0.1, 0.15) is 0 Å². The molecule has 0 N–H and O–H groups in total. The van der Waals surface area contributed by atoms with Gasteiger partial charge < -0.3 is 4.57 Å². The molecule has 5 aromatic rings. The molecule has 3 heteroatoms. The van der Waals surface area contributed by atoms with E-state index in [0.29, 0.717) is 11.1 Å². The largest absolute Gasteiger partial charge is 0.341 e. The number of pyridine rings is 1. The SMILES string of the molecule is CCn1c2ccccc2c2cc(C(=O)c3cccc4cccnc34)ccc21. The van der Waals surface area contributed by atoms with Crippen molar-refractivity contribution in [2.75, 3.05) is 0 Å². The van der Waals surface area contributed by atoms with E-state index in [1.165, 1.54) is 10.9 Å². The molecular weight excluding hydrogens is 332 g/mol. The third-order valence-electron chi connectivity index (χ3n) is 5.23. The van der Waals surface area contributed by atoms with E-state index >= 15 is 0 Å². The number of benzene rings is 3. The molecule has 27 heavy (non-hydrogen) atoms. The van der Waals surface area contributed by atoms with Crippen LogP contribution in [0.15, 0.2) is 79.0 Å². The molecule has 0 unspecified atom stereocenters. The highest BCUT2D eigenvalue weighted by Crippen LogP contribution is 2.30. The lowest BCUT2D eigenvalue weighted by Gasteiger charge is -2.06. The number of nitrogens with zero attached hydrogens (tertiary/aromatic N) is 2. The van der Waals surface area contributed by atoms with E-state index in [2.05, 4.69) is 40.7 Å². The Labute approximate surface area is 156 Å². The zero-order chi connectivity index (χ0) is 18.4. The lowest BCUT2D eigenvalue weighted by atomic mass is 9.99. The van der Waals surface area contributed by atoms with Crippen molar-refractivity contribution in [3.05, 3.63) is 90.1 Å². The second kappa shape index (κ2) is 6.06. The van der Waals surface area contributed by atoms with Crippen molar-refractivity contribution < 1.29 is 4.79 Å². The molecule has 0 saturated heterocycles. The van der Waals surface area contributed by atoms with Crippen molar-refractivity contribution >= 4 is 38.5 Å². The van der Waals surface area contributed by atoms with Gasteiger partial charge in [-0.3, -0.25) is 9.78 Å². The summed E-state index contributed by atoms with van der Waals surface area (Å²) in [5.74, 6) is 0.00882. The smallest absolute Gasteiger partial charge is 0.195 e. The molecule has 0 radical (unpaired) electrons. The van der Waals surface area contributed by atoms with Crippen molar-refractivity contribution in [2.24, 2.45) is 0 Å². The molecule has 2 heterocycles. The van der Waals surface area contributed by atoms with Gasteiger partial charge >= 0.3 is 0 Å². The highest BCUT2D eigenvalue weighted by Gasteiger charge is 2.16. The van der Waals surface area contributed by atoms with E-state index < -0.39 is 0 Å². The van der Waals surface area contributed by atoms with Gasteiger partial charge in [-0.2, -0.15) is 0 Å². The number of ketones is 1. The van der Waals surface area contributed by atoms with Gasteiger partial charge in [0.25, 0.3) is 0 Å². The first kappa shape index (κ1) is 15.8. The van der Waals surface area contributed by atoms with Crippen LogP contribution in [0.25, 0.3) is 32.7 Å². The molecule has 0 aliphatic carbocycles. The standard InChI is InChI=1S/C24H18N2O/c1-2-26-21-11-4-3-9-18(21)20-15-17(12-13-22(20)26)24(27)19-10-5-7-16-8-6-14-25-23(16)19/h3-15H,2H2,1H3. The van der Waals surface area contributed by atoms with Gasteiger partial charge in [0.05, 0.1) is 5.52 Å². The number of para-hydroxylation sites is 2. The molecule has 0 atom stereocenters. The summed E-state index contributed by atoms with van der Waals surface area (Å²) in [6.45, 7) is 3.04. The maximum absolute atomic E-state index is 13.3. The summed E-state index contributed by atoms with van der Waals surface area (Å²) in [4.78, 5) is 17.7. The van der Waals surface area contributed by atoms with Crippen LogP contribution in [0.1, 0.15) is 22.8 Å². The number of aryl methyl sites for hydroxylation is 1. The van der Waals surface area contributed by atoms with E-state index in [1.807, 2.05) is 48.5 Å². The van der Waals surface area contributed by atoms with Gasteiger partial charge in [0.15, 0.2) is 5.78 Å². The van der Waals surface area contributed by atoms with Crippen LogP contribution >= 0.6 is 0 Å². The fourth-order valence-electron chi connectivity index (χ4n) is 3.98. The lowest BCUT2D eigenvalue weighted by molar-refractivity contribution is 0.104. The predicted molar refractivity (Wildman–Crippen MR) is 110 cm³/mol. The topological polar surface area (TPSA) is 34.9 Å². The molecular formula is C24H18N2O. The second-order valence-corrected chi connectivity index (χ2v) is 6.70. The van der Waals surface area contributed by atoms with E-state index in [-0.39, 0.29) is 5.78 Å². The second-order valence-electron chi connectivity index (χ2n) is 6.70. The monoisotopic (exact) mass is 350 g/mol. The van der Waals surface area contributed by atoms with Crippen LogP contribution in [-0.2, 0) is 6.54 Å². The van der Waals surface area contributed by atoms with Gasteiger partial charge in [-0.15, -0.1) is 0 Å². The Kier molecular flexibility index (Phi) is 3.54. The van der Waals surface area contributed by atoms with Crippen molar-refractivity contribution in [1.82, 2.24) is 9.55 Å². The van der Waals surface area contributed by atoms with Gasteiger partial charge in [-0.1, -0.05) is 36.4 Å². The van der Waals surface area contributed by atoms with Crippen LogP contribution in [0.2, 0.25) is 0 Å². The number of rotatable bonds is 3. The maximum Gasteiger partial charge on any atom is 0.195 e. The van der Waals surface area contributed by atoms with Crippen molar-refractivity contribution in [3.8, 4) is 0 Å². The van der Waals surface area contributed by atoms with Gasteiger partial charge in [-0.25, -0.2) is 0 Å². The summed E-state index contributed by atoms with van der Waals surface area (Å²) in [6, 6.07) is 24.0. The maximum atomic E-state index is 13.3. The minimum Gasteiger partial charge on any atom is -0.341 e. The summed E-state index contributed by atoms with van der Waals surface area (Å²) in [5, 5.41) is 3.28. The van der Waals surface area contributed by atoms with Crippen molar-refractivity contribution in [2.45, 2.75) is 13.5 Å². The Balaban J connectivity index is 1.73. The van der Waals surface area contributed by atoms with Crippen LogP contribution in [0, 0.1) is 0 Å². The quantitative estimate of drug-likeness (QED) is 0.397. The summed E-state index contributed by atoms with van der Waals surface area (Å²) in [5.41, 5.74) is 4.45. The molecule has 130 valence electrons. The number of aromatic nitrogens is 2. The molecule has 0 spiro atoms. The summed E-state index contributed by atoms with van der Waals surface area (Å²) in [6.07, 6.45) is 1.73. The molecule has 0 amide bonds. The summed E-state index contributed by atoms with van der Waals surface area (Å²) >= 11 is 0. The molecule has 0 aliphatic rings. The Morgan fingerprint density at radius 1 is 0.889 bits per heavy atom. The first-order chi connectivity index (χ1) is 13.3. The molecule has 0 saturated carbocycles. The number of carbonyl (C=O) groups excluding carboxylic acids is 1. The van der Waals surface area contributed by atoms with Crippen LogP contribution < -0.4 is 0 Å². The molecule has 3 aromatic carbocycles. The number of carbonyl (C=O) groups is 1. The average molecular weight is 350 g/mol. The third-order valence-corrected chi connectivity index (χ3v) is 5.23. The Hall–Kier alpha value is -3.46. The zero-order valence-electron chi connectivity index (χ0n) is 15.0. The minimum atomic E-state index is 0.00882. The summed E-state index contributed by atoms with van der Waals surface area (Å²) in [7, 11) is 0. The van der Waals surface area contributed by atoms with Crippen LogP contribution in [0.4, 0.5) is 0 Å². The first-order valence-corrected chi connectivity index (χ1v) is 9.17. The fraction of sp³-hybridized carbons (Fsp3) is 0.0833. The van der Waals surface area contributed by atoms with E-state index in [9.17, 15) is 4.79 Å². The van der Waals surface area contributed by atoms with Crippen LogP contribution in [0.3, 0.4) is 0 Å². The van der Waals surface area contributed by atoms with E-state index in [4.69, 9.17) is 0 Å². The van der Waals surface area contributed by atoms with E-state index in [0.717, 1.165) is 28.4 Å². The minimum absolute atomic E-state index is 0.00882. The van der Waals surface area contributed by atoms with Crippen molar-refractivity contribution in [1.29, 1.82) is 0 Å². The highest BCUT2D eigenvalue weighted by molar-refractivity contribution is 6.18.